The van der Waals surface area contributed by atoms with E-state index in [1.54, 1.807) is 4.90 Å². The Bertz CT molecular complexity index is 329. The lowest BCUT2D eigenvalue weighted by Crippen LogP contribution is -2.43. The number of piperidine rings is 1. The van der Waals surface area contributed by atoms with E-state index >= 15 is 0 Å². The van der Waals surface area contributed by atoms with Gasteiger partial charge in [0, 0.05) is 6.54 Å². The van der Waals surface area contributed by atoms with Crippen molar-refractivity contribution in [2.75, 3.05) is 33.4 Å². The van der Waals surface area contributed by atoms with Crippen molar-refractivity contribution in [3.05, 3.63) is 0 Å². The molecule has 1 unspecified atom stereocenters. The van der Waals surface area contributed by atoms with Gasteiger partial charge >= 0.3 is 5.97 Å². The molecule has 1 N–H and O–H groups in total. The summed E-state index contributed by atoms with van der Waals surface area (Å²) in [5.74, 6) is -0.431. The largest absolute Gasteiger partial charge is 0.467 e. The molecule has 0 aliphatic carbocycles. The summed E-state index contributed by atoms with van der Waals surface area (Å²) in [5, 5.41) is 3.25. The van der Waals surface area contributed by atoms with Crippen molar-refractivity contribution in [3.63, 3.8) is 0 Å². The summed E-state index contributed by atoms with van der Waals surface area (Å²) in [5.41, 5.74) is 0. The third-order valence-electron chi connectivity index (χ3n) is 3.78. The number of carbonyl (C=O) groups is 2. The molecule has 0 radical (unpaired) electrons. The topological polar surface area (TPSA) is 67.9 Å². The molecule has 0 aromatic rings. The van der Waals surface area contributed by atoms with Crippen molar-refractivity contribution >= 4 is 11.9 Å². The molecule has 2 heterocycles. The number of amides is 1. The molecule has 0 spiro atoms. The zero-order chi connectivity index (χ0) is 13.7. The van der Waals surface area contributed by atoms with Crippen molar-refractivity contribution in [1.29, 1.82) is 0 Å². The van der Waals surface area contributed by atoms with Gasteiger partial charge in [0.25, 0.3) is 0 Å². The minimum absolute atomic E-state index is 0.0676. The number of esters is 1. The highest BCUT2D eigenvalue weighted by Gasteiger charge is 2.34. The average molecular weight is 270 g/mol. The third kappa shape index (κ3) is 3.67. The summed E-state index contributed by atoms with van der Waals surface area (Å²) in [4.78, 5) is 25.3. The average Bonchev–Trinajstić information content (AvgIpc) is 2.94. The Labute approximate surface area is 113 Å². The highest BCUT2D eigenvalue weighted by molar-refractivity contribution is 5.85. The molecular weight excluding hydrogens is 248 g/mol. The molecule has 2 aliphatic rings. The molecule has 6 nitrogen and oxygen atoms in total. The van der Waals surface area contributed by atoms with Crippen LogP contribution in [0.15, 0.2) is 0 Å². The second-order valence-electron chi connectivity index (χ2n) is 5.03. The third-order valence-corrected chi connectivity index (χ3v) is 3.78. The Morgan fingerprint density at radius 3 is 2.68 bits per heavy atom. The minimum atomic E-state index is -0.422. The maximum Gasteiger partial charge on any atom is 0.328 e. The lowest BCUT2D eigenvalue weighted by Gasteiger charge is -2.26. The zero-order valence-corrected chi connectivity index (χ0v) is 11.4. The number of likely N-dealkylation sites (tertiary alicyclic amines) is 1. The SMILES string of the molecule is COC(=O)C1CCCN1C(=O)COC1CCNCC1. The van der Waals surface area contributed by atoms with E-state index in [4.69, 9.17) is 9.47 Å². The fourth-order valence-corrected chi connectivity index (χ4v) is 2.68. The summed E-state index contributed by atoms with van der Waals surface area (Å²) in [6, 6.07) is -0.422. The van der Waals surface area contributed by atoms with Crippen LogP contribution in [-0.4, -0.2) is 62.3 Å². The van der Waals surface area contributed by atoms with Gasteiger partial charge < -0.3 is 19.7 Å². The molecule has 0 aromatic carbocycles. The Morgan fingerprint density at radius 1 is 1.26 bits per heavy atom. The number of nitrogens with one attached hydrogen (secondary N) is 1. The van der Waals surface area contributed by atoms with Gasteiger partial charge in [-0.15, -0.1) is 0 Å². The number of ether oxygens (including phenoxy) is 2. The fraction of sp³-hybridized carbons (Fsp3) is 0.846. The van der Waals surface area contributed by atoms with Crippen molar-refractivity contribution < 1.29 is 19.1 Å². The lowest BCUT2D eigenvalue weighted by molar-refractivity contribution is -0.153. The van der Waals surface area contributed by atoms with Crippen molar-refractivity contribution in [2.45, 2.75) is 37.8 Å². The molecule has 2 aliphatic heterocycles. The monoisotopic (exact) mass is 270 g/mol. The van der Waals surface area contributed by atoms with Crippen molar-refractivity contribution in [2.24, 2.45) is 0 Å². The summed E-state index contributed by atoms with van der Waals surface area (Å²) < 4.78 is 10.4. The van der Waals surface area contributed by atoms with E-state index < -0.39 is 6.04 Å². The van der Waals surface area contributed by atoms with E-state index in [0.717, 1.165) is 32.4 Å². The molecule has 2 fully saturated rings. The van der Waals surface area contributed by atoms with Crippen LogP contribution in [0.2, 0.25) is 0 Å². The summed E-state index contributed by atoms with van der Waals surface area (Å²) in [6.07, 6.45) is 3.57. The van der Waals surface area contributed by atoms with Gasteiger partial charge in [-0.1, -0.05) is 0 Å². The lowest BCUT2D eigenvalue weighted by atomic mass is 10.1. The molecule has 6 heteroatoms. The Balaban J connectivity index is 1.79. The Kier molecular flexibility index (Phi) is 5.15. The molecule has 2 saturated heterocycles. The Hall–Kier alpha value is -1.14. The Morgan fingerprint density at radius 2 is 2.00 bits per heavy atom. The first-order valence-corrected chi connectivity index (χ1v) is 6.92. The van der Waals surface area contributed by atoms with Gasteiger partial charge in [0.15, 0.2) is 0 Å². The van der Waals surface area contributed by atoms with Crippen LogP contribution in [0.1, 0.15) is 25.7 Å². The van der Waals surface area contributed by atoms with Crippen LogP contribution in [0, 0.1) is 0 Å². The number of rotatable bonds is 4. The standard InChI is InChI=1S/C13H22N2O4/c1-18-13(17)11-3-2-8-15(11)12(16)9-19-10-4-6-14-7-5-10/h10-11,14H,2-9H2,1H3. The first-order chi connectivity index (χ1) is 9.22. The minimum Gasteiger partial charge on any atom is -0.467 e. The molecule has 2 rings (SSSR count). The molecule has 19 heavy (non-hydrogen) atoms. The van der Waals surface area contributed by atoms with E-state index in [2.05, 4.69) is 5.32 Å². The van der Waals surface area contributed by atoms with Crippen LogP contribution in [0.3, 0.4) is 0 Å². The maximum absolute atomic E-state index is 12.1. The number of hydrogen-bond donors (Lipinski definition) is 1. The fourth-order valence-electron chi connectivity index (χ4n) is 2.68. The molecule has 1 atom stereocenters. The molecule has 0 bridgehead atoms. The van der Waals surface area contributed by atoms with Gasteiger partial charge in [-0.25, -0.2) is 4.79 Å². The van der Waals surface area contributed by atoms with Gasteiger partial charge in [0.05, 0.1) is 13.2 Å². The second-order valence-corrected chi connectivity index (χ2v) is 5.03. The highest BCUT2D eigenvalue weighted by atomic mass is 16.5. The van der Waals surface area contributed by atoms with Gasteiger partial charge in [0.2, 0.25) is 5.91 Å². The first kappa shape index (κ1) is 14.3. The maximum atomic E-state index is 12.1. The zero-order valence-electron chi connectivity index (χ0n) is 11.4. The number of hydrogen-bond acceptors (Lipinski definition) is 5. The second kappa shape index (κ2) is 6.86. The number of methoxy groups -OCH3 is 1. The van der Waals surface area contributed by atoms with Crippen LogP contribution in [0.5, 0.6) is 0 Å². The van der Waals surface area contributed by atoms with E-state index in [0.29, 0.717) is 13.0 Å². The molecular formula is C13H22N2O4. The van der Waals surface area contributed by atoms with Crippen LogP contribution in [-0.2, 0) is 19.1 Å². The molecule has 1 amide bonds. The van der Waals surface area contributed by atoms with Gasteiger partial charge in [-0.3, -0.25) is 4.79 Å². The summed E-state index contributed by atoms with van der Waals surface area (Å²) in [7, 11) is 1.36. The van der Waals surface area contributed by atoms with Crippen LogP contribution in [0.25, 0.3) is 0 Å². The van der Waals surface area contributed by atoms with E-state index in [9.17, 15) is 9.59 Å². The van der Waals surface area contributed by atoms with Crippen molar-refractivity contribution in [1.82, 2.24) is 10.2 Å². The predicted octanol–water partition coefficient (Wildman–Crippen LogP) is -0.0810. The summed E-state index contributed by atoms with van der Waals surface area (Å²) in [6.45, 7) is 2.56. The van der Waals surface area contributed by atoms with E-state index in [-0.39, 0.29) is 24.6 Å². The van der Waals surface area contributed by atoms with E-state index in [1.807, 2.05) is 0 Å². The summed E-state index contributed by atoms with van der Waals surface area (Å²) >= 11 is 0. The molecule has 108 valence electrons. The van der Waals surface area contributed by atoms with Crippen molar-refractivity contribution in [3.8, 4) is 0 Å². The normalized spacial score (nSPS) is 24.5. The first-order valence-electron chi connectivity index (χ1n) is 6.92. The van der Waals surface area contributed by atoms with Crippen LogP contribution in [0.4, 0.5) is 0 Å². The molecule has 0 saturated carbocycles. The van der Waals surface area contributed by atoms with Gasteiger partial charge in [-0.2, -0.15) is 0 Å². The van der Waals surface area contributed by atoms with Crippen LogP contribution < -0.4 is 5.32 Å². The van der Waals surface area contributed by atoms with Crippen LogP contribution >= 0.6 is 0 Å². The number of carbonyl (C=O) groups excluding carboxylic acids is 2. The smallest absolute Gasteiger partial charge is 0.328 e. The highest BCUT2D eigenvalue weighted by Crippen LogP contribution is 2.19. The van der Waals surface area contributed by atoms with E-state index in [1.165, 1.54) is 7.11 Å². The quantitative estimate of drug-likeness (QED) is 0.724. The molecule has 0 aromatic heterocycles. The predicted molar refractivity (Wildman–Crippen MR) is 68.6 cm³/mol. The van der Waals surface area contributed by atoms with Gasteiger partial charge in [-0.05, 0) is 38.8 Å². The van der Waals surface area contributed by atoms with Gasteiger partial charge in [0.1, 0.15) is 12.6 Å². The number of nitrogens with zero attached hydrogens (tertiary/aromatic N) is 1.